The number of hydrogen-bond acceptors (Lipinski definition) is 7. The minimum Gasteiger partial charge on any atom is -0.349 e. The topological polar surface area (TPSA) is 129 Å². The average molecular weight is 343 g/mol. The summed E-state index contributed by atoms with van der Waals surface area (Å²) in [4.78, 5) is 11.5. The molecule has 1 aliphatic heterocycles. The van der Waals surface area contributed by atoms with Crippen molar-refractivity contribution in [3.05, 3.63) is 24.3 Å². The molecule has 122 valence electrons. The first-order chi connectivity index (χ1) is 11.6. The van der Waals surface area contributed by atoms with E-state index in [-0.39, 0.29) is 5.92 Å². The van der Waals surface area contributed by atoms with E-state index in [2.05, 4.69) is 25.1 Å². The number of sulfonamides is 1. The second kappa shape index (κ2) is 5.47. The lowest BCUT2D eigenvalue weighted by Gasteiger charge is -2.15. The molecule has 3 aromatic heterocycles. The Bertz CT molecular complexity index is 1070. The number of nitriles is 1. The van der Waals surface area contributed by atoms with Crippen LogP contribution in [0.4, 0.5) is 0 Å². The minimum absolute atomic E-state index is 0.0220. The predicted molar refractivity (Wildman–Crippen MR) is 85.3 cm³/mol. The SMILES string of the molecule is N#CCS(=O)(=O)N1CCC(c2[nH]cnc3nnc4nccc4c23)C1. The smallest absolute Gasteiger partial charge is 0.227 e. The Balaban J connectivity index is 1.78. The van der Waals surface area contributed by atoms with E-state index in [1.807, 2.05) is 6.07 Å². The summed E-state index contributed by atoms with van der Waals surface area (Å²) in [6.45, 7) is 0.727. The second-order valence-electron chi connectivity index (χ2n) is 5.65. The van der Waals surface area contributed by atoms with Gasteiger partial charge in [-0.3, -0.25) is 0 Å². The first kappa shape index (κ1) is 14.9. The van der Waals surface area contributed by atoms with E-state index in [1.54, 1.807) is 18.6 Å². The molecular formula is C14H13N7O2S. The molecule has 1 saturated heterocycles. The van der Waals surface area contributed by atoms with Crippen molar-refractivity contribution in [1.29, 1.82) is 5.26 Å². The van der Waals surface area contributed by atoms with E-state index in [0.29, 0.717) is 30.8 Å². The highest BCUT2D eigenvalue weighted by Gasteiger charge is 2.33. The van der Waals surface area contributed by atoms with E-state index in [1.165, 1.54) is 4.31 Å². The second-order valence-corrected chi connectivity index (χ2v) is 7.62. The number of hydrogen-bond donors (Lipinski definition) is 1. The highest BCUT2D eigenvalue weighted by Crippen LogP contribution is 2.33. The van der Waals surface area contributed by atoms with Crippen LogP contribution in [0.1, 0.15) is 18.0 Å². The van der Waals surface area contributed by atoms with Crippen LogP contribution in [0.3, 0.4) is 0 Å². The highest BCUT2D eigenvalue weighted by atomic mass is 32.2. The number of H-pyrrole nitrogens is 1. The Hall–Kier alpha value is -2.64. The molecule has 4 heterocycles. The van der Waals surface area contributed by atoms with Gasteiger partial charge in [0.1, 0.15) is 0 Å². The summed E-state index contributed by atoms with van der Waals surface area (Å²) in [6.07, 6.45) is 3.87. The molecule has 1 N–H and O–H groups in total. The molecule has 0 spiro atoms. The minimum atomic E-state index is -3.53. The molecule has 10 heteroatoms. The number of nitrogens with zero attached hydrogens (tertiary/aromatic N) is 6. The van der Waals surface area contributed by atoms with Gasteiger partial charge >= 0.3 is 0 Å². The van der Waals surface area contributed by atoms with Gasteiger partial charge in [-0.1, -0.05) is 0 Å². The summed E-state index contributed by atoms with van der Waals surface area (Å²) >= 11 is 0. The zero-order chi connectivity index (χ0) is 16.7. The molecule has 0 bridgehead atoms. The van der Waals surface area contributed by atoms with Gasteiger partial charge in [0.15, 0.2) is 17.0 Å². The summed E-state index contributed by atoms with van der Waals surface area (Å²) in [5.74, 6) is -0.519. The monoisotopic (exact) mass is 343 g/mol. The van der Waals surface area contributed by atoms with Gasteiger partial charge in [0.2, 0.25) is 10.0 Å². The van der Waals surface area contributed by atoms with Gasteiger partial charge in [0.05, 0.1) is 17.8 Å². The van der Waals surface area contributed by atoms with Crippen molar-refractivity contribution in [3.8, 4) is 6.07 Å². The number of rotatable bonds is 3. The first-order valence-corrected chi connectivity index (χ1v) is 9.00. The van der Waals surface area contributed by atoms with E-state index in [9.17, 15) is 8.42 Å². The third kappa shape index (κ3) is 2.29. The van der Waals surface area contributed by atoms with Crippen LogP contribution in [-0.4, -0.2) is 56.7 Å². The average Bonchev–Trinajstić information content (AvgIpc) is 3.23. The van der Waals surface area contributed by atoms with Crippen LogP contribution in [0, 0.1) is 11.3 Å². The summed E-state index contributed by atoms with van der Waals surface area (Å²) in [5.41, 5.74) is 1.92. The van der Waals surface area contributed by atoms with E-state index in [0.717, 1.165) is 16.5 Å². The third-order valence-electron chi connectivity index (χ3n) is 4.29. The fourth-order valence-electron chi connectivity index (χ4n) is 3.17. The molecule has 3 aromatic rings. The van der Waals surface area contributed by atoms with Crippen LogP contribution in [0.25, 0.3) is 22.1 Å². The van der Waals surface area contributed by atoms with Crippen molar-refractivity contribution in [3.63, 3.8) is 0 Å². The molecule has 1 fully saturated rings. The molecule has 24 heavy (non-hydrogen) atoms. The van der Waals surface area contributed by atoms with Crippen molar-refractivity contribution in [1.82, 2.24) is 29.5 Å². The normalized spacial score (nSPS) is 19.0. The Morgan fingerprint density at radius 1 is 1.33 bits per heavy atom. The maximum Gasteiger partial charge on any atom is 0.227 e. The predicted octanol–water partition coefficient (Wildman–Crippen LogP) is 0.544. The molecule has 0 aromatic carbocycles. The Morgan fingerprint density at radius 2 is 2.17 bits per heavy atom. The lowest BCUT2D eigenvalue weighted by atomic mass is 10.0. The van der Waals surface area contributed by atoms with Crippen molar-refractivity contribution in [2.75, 3.05) is 18.8 Å². The van der Waals surface area contributed by atoms with Crippen LogP contribution in [-0.2, 0) is 10.0 Å². The maximum atomic E-state index is 12.1. The zero-order valence-corrected chi connectivity index (χ0v) is 13.4. The molecule has 4 rings (SSSR count). The molecule has 0 aliphatic carbocycles. The number of nitrogens with one attached hydrogen (secondary N) is 1. The number of aromatic nitrogens is 5. The van der Waals surface area contributed by atoms with Gasteiger partial charge in [-0.05, 0) is 12.5 Å². The third-order valence-corrected chi connectivity index (χ3v) is 5.90. The number of fused-ring (bicyclic) bond motifs is 3. The largest absolute Gasteiger partial charge is 0.349 e. The molecule has 1 aliphatic rings. The van der Waals surface area contributed by atoms with Crippen LogP contribution < -0.4 is 0 Å². The van der Waals surface area contributed by atoms with E-state index < -0.39 is 15.8 Å². The van der Waals surface area contributed by atoms with Gasteiger partial charge in [0, 0.05) is 36.3 Å². The fraction of sp³-hybridized carbons (Fsp3) is 0.357. The molecule has 1 atom stereocenters. The summed E-state index contributed by atoms with van der Waals surface area (Å²) in [7, 11) is -3.53. The standard InChI is InChI=1S/C14H13N7O2S/c15-3-6-24(22,23)21-5-2-9(7-21)12-11-10-1-4-16-13(10)19-20-14(11)18-8-17-12/h1,4,8-9H,2,5-7H2,(H,17,18,20). The van der Waals surface area contributed by atoms with Gasteiger partial charge < -0.3 is 4.98 Å². The molecule has 1 unspecified atom stereocenters. The fourth-order valence-corrected chi connectivity index (χ4v) is 4.31. The summed E-state index contributed by atoms with van der Waals surface area (Å²) in [6, 6.07) is 3.57. The van der Waals surface area contributed by atoms with Gasteiger partial charge in [0.25, 0.3) is 0 Å². The lowest BCUT2D eigenvalue weighted by Crippen LogP contribution is -2.30. The van der Waals surface area contributed by atoms with Crippen LogP contribution in [0.15, 0.2) is 18.6 Å². The van der Waals surface area contributed by atoms with Crippen LogP contribution in [0.2, 0.25) is 0 Å². The maximum absolute atomic E-state index is 12.1. The van der Waals surface area contributed by atoms with Gasteiger partial charge in [-0.25, -0.2) is 22.7 Å². The van der Waals surface area contributed by atoms with Crippen molar-refractivity contribution in [2.24, 2.45) is 0 Å². The Kier molecular flexibility index (Phi) is 3.40. The van der Waals surface area contributed by atoms with E-state index in [4.69, 9.17) is 5.26 Å². The number of aromatic amines is 1. The van der Waals surface area contributed by atoms with Crippen LogP contribution in [0.5, 0.6) is 0 Å². The zero-order valence-electron chi connectivity index (χ0n) is 12.5. The Labute approximate surface area is 137 Å². The highest BCUT2D eigenvalue weighted by molar-refractivity contribution is 7.89. The molecule has 9 nitrogen and oxygen atoms in total. The van der Waals surface area contributed by atoms with Crippen LogP contribution >= 0.6 is 0 Å². The van der Waals surface area contributed by atoms with Gasteiger partial charge in [-0.15, -0.1) is 10.2 Å². The summed E-state index contributed by atoms with van der Waals surface area (Å²) in [5, 5.41) is 18.5. The first-order valence-electron chi connectivity index (χ1n) is 7.39. The van der Waals surface area contributed by atoms with Gasteiger partial charge in [-0.2, -0.15) is 5.26 Å². The molecule has 0 amide bonds. The molecular weight excluding hydrogens is 330 g/mol. The summed E-state index contributed by atoms with van der Waals surface area (Å²) < 4.78 is 25.6. The molecule has 0 radical (unpaired) electrons. The Morgan fingerprint density at radius 3 is 3.00 bits per heavy atom. The lowest BCUT2D eigenvalue weighted by molar-refractivity contribution is 0.475. The van der Waals surface area contributed by atoms with Crippen molar-refractivity contribution < 1.29 is 8.42 Å². The van der Waals surface area contributed by atoms with E-state index >= 15 is 0 Å². The van der Waals surface area contributed by atoms with Crippen molar-refractivity contribution in [2.45, 2.75) is 12.3 Å². The quantitative estimate of drug-likeness (QED) is 0.735. The van der Waals surface area contributed by atoms with Crippen molar-refractivity contribution >= 4 is 32.1 Å². The molecule has 0 saturated carbocycles.